The molecule has 1 aromatic heterocycles. The summed E-state index contributed by atoms with van der Waals surface area (Å²) >= 11 is 0. The third-order valence-corrected chi connectivity index (χ3v) is 4.69. The van der Waals surface area contributed by atoms with Crippen molar-refractivity contribution >= 4 is 11.6 Å². The van der Waals surface area contributed by atoms with Crippen LogP contribution in [0.1, 0.15) is 18.5 Å². The molecule has 0 aliphatic heterocycles. The molecular formula is C20H14F4N2O3. The predicted molar refractivity (Wildman–Crippen MR) is 94.6 cm³/mol. The van der Waals surface area contributed by atoms with Crippen molar-refractivity contribution in [2.45, 2.75) is 24.6 Å². The summed E-state index contributed by atoms with van der Waals surface area (Å²) in [6.07, 6.45) is -4.02. The van der Waals surface area contributed by atoms with Gasteiger partial charge in [0.05, 0.1) is 22.4 Å². The molecule has 0 saturated heterocycles. The maximum atomic E-state index is 13.9. The molecule has 3 aromatic rings. The van der Waals surface area contributed by atoms with Gasteiger partial charge < -0.3 is 14.6 Å². The Morgan fingerprint density at radius 2 is 1.79 bits per heavy atom. The number of carbonyl (C=O) groups is 1. The fourth-order valence-electron chi connectivity index (χ4n) is 3.04. The summed E-state index contributed by atoms with van der Waals surface area (Å²) in [6.45, 7) is 0. The monoisotopic (exact) mass is 406 g/mol. The summed E-state index contributed by atoms with van der Waals surface area (Å²) < 4.78 is 60.8. The molecule has 150 valence electrons. The summed E-state index contributed by atoms with van der Waals surface area (Å²) in [7, 11) is 0. The Hall–Kier alpha value is -3.36. The van der Waals surface area contributed by atoms with Crippen LogP contribution in [0.2, 0.25) is 0 Å². The first kappa shape index (κ1) is 19.0. The maximum Gasteiger partial charge on any atom is 0.573 e. The Labute approximate surface area is 162 Å². The average Bonchev–Trinajstić information content (AvgIpc) is 3.33. The van der Waals surface area contributed by atoms with Crippen LogP contribution in [0.5, 0.6) is 5.75 Å². The van der Waals surface area contributed by atoms with Gasteiger partial charge in [-0.15, -0.1) is 13.2 Å². The highest BCUT2D eigenvalue weighted by atomic mass is 19.4. The van der Waals surface area contributed by atoms with Crippen LogP contribution >= 0.6 is 0 Å². The first-order valence-corrected chi connectivity index (χ1v) is 8.67. The van der Waals surface area contributed by atoms with Gasteiger partial charge in [0, 0.05) is 6.07 Å². The Morgan fingerprint density at radius 1 is 1.10 bits per heavy atom. The standard InChI is InChI=1S/C20H14F4N2O3/c21-13-6-2-1-5-12(13)16-11-17(26-29-16)19(9-10-19)18(27)25-14-7-3-4-8-15(14)28-20(22,23)24/h1-8,11H,9-10H2,(H,25,27). The van der Waals surface area contributed by atoms with Crippen LogP contribution in [-0.2, 0) is 10.2 Å². The van der Waals surface area contributed by atoms with Crippen molar-refractivity contribution in [2.75, 3.05) is 5.32 Å². The molecule has 9 heteroatoms. The molecule has 0 unspecified atom stereocenters. The summed E-state index contributed by atoms with van der Waals surface area (Å²) in [5, 5.41) is 6.37. The minimum atomic E-state index is -4.89. The van der Waals surface area contributed by atoms with Crippen molar-refractivity contribution in [1.29, 1.82) is 0 Å². The van der Waals surface area contributed by atoms with Crippen molar-refractivity contribution in [3.05, 3.63) is 66.1 Å². The SMILES string of the molecule is O=C(Nc1ccccc1OC(F)(F)F)C1(c2cc(-c3ccccc3F)on2)CC1. The molecule has 1 fully saturated rings. The Balaban J connectivity index is 1.57. The van der Waals surface area contributed by atoms with Gasteiger partial charge in [-0.05, 0) is 37.1 Å². The second-order valence-electron chi connectivity index (χ2n) is 6.64. The number of halogens is 4. The van der Waals surface area contributed by atoms with Gasteiger partial charge in [0.25, 0.3) is 0 Å². The molecule has 0 atom stereocenters. The number of para-hydroxylation sites is 2. The Kier molecular flexibility index (Phi) is 4.52. The zero-order chi connectivity index (χ0) is 20.6. The van der Waals surface area contributed by atoms with Crippen molar-refractivity contribution in [1.82, 2.24) is 5.16 Å². The van der Waals surface area contributed by atoms with E-state index < -0.39 is 29.3 Å². The van der Waals surface area contributed by atoms with Gasteiger partial charge in [-0.2, -0.15) is 0 Å². The topological polar surface area (TPSA) is 64.4 Å². The molecule has 0 spiro atoms. The zero-order valence-electron chi connectivity index (χ0n) is 14.8. The molecule has 0 radical (unpaired) electrons. The first-order chi connectivity index (χ1) is 13.8. The van der Waals surface area contributed by atoms with Gasteiger partial charge in [-0.1, -0.05) is 29.4 Å². The third-order valence-electron chi connectivity index (χ3n) is 4.69. The van der Waals surface area contributed by atoms with Crippen molar-refractivity contribution < 1.29 is 31.6 Å². The van der Waals surface area contributed by atoms with E-state index in [1.54, 1.807) is 6.07 Å². The Bertz CT molecular complexity index is 1060. The highest BCUT2D eigenvalue weighted by Gasteiger charge is 2.54. The van der Waals surface area contributed by atoms with E-state index in [2.05, 4.69) is 15.2 Å². The number of amides is 1. The summed E-state index contributed by atoms with van der Waals surface area (Å²) in [4.78, 5) is 12.8. The number of benzene rings is 2. The minimum Gasteiger partial charge on any atom is -0.404 e. The number of hydrogen-bond acceptors (Lipinski definition) is 4. The average molecular weight is 406 g/mol. The summed E-state index contributed by atoms with van der Waals surface area (Å²) in [6, 6.07) is 12.7. The van der Waals surface area contributed by atoms with Crippen LogP contribution in [0.25, 0.3) is 11.3 Å². The lowest BCUT2D eigenvalue weighted by Crippen LogP contribution is -2.28. The van der Waals surface area contributed by atoms with E-state index in [4.69, 9.17) is 4.52 Å². The first-order valence-electron chi connectivity index (χ1n) is 8.67. The van der Waals surface area contributed by atoms with Crippen LogP contribution in [0.3, 0.4) is 0 Å². The largest absolute Gasteiger partial charge is 0.573 e. The van der Waals surface area contributed by atoms with Gasteiger partial charge >= 0.3 is 6.36 Å². The number of nitrogens with zero attached hydrogens (tertiary/aromatic N) is 1. The van der Waals surface area contributed by atoms with E-state index >= 15 is 0 Å². The second-order valence-corrected chi connectivity index (χ2v) is 6.64. The number of anilines is 1. The second kappa shape index (κ2) is 6.91. The molecule has 1 N–H and O–H groups in total. The van der Waals surface area contributed by atoms with E-state index in [1.165, 1.54) is 42.5 Å². The van der Waals surface area contributed by atoms with Crippen LogP contribution in [0, 0.1) is 5.82 Å². The van der Waals surface area contributed by atoms with Gasteiger partial charge in [-0.3, -0.25) is 4.79 Å². The van der Waals surface area contributed by atoms with Crippen molar-refractivity contribution in [3.63, 3.8) is 0 Å². The summed E-state index contributed by atoms with van der Waals surface area (Å²) in [5.41, 5.74) is -0.661. The zero-order valence-corrected chi connectivity index (χ0v) is 14.8. The van der Waals surface area contributed by atoms with Gasteiger partial charge in [0.2, 0.25) is 5.91 Å². The highest BCUT2D eigenvalue weighted by Crippen LogP contribution is 2.49. The molecule has 1 aliphatic rings. The normalized spacial score (nSPS) is 15.0. The lowest BCUT2D eigenvalue weighted by atomic mass is 10.00. The fraction of sp³-hybridized carbons (Fsp3) is 0.200. The summed E-state index contributed by atoms with van der Waals surface area (Å²) in [5.74, 6) is -1.39. The predicted octanol–water partition coefficient (Wildman–Crippen LogP) is 5.05. The number of hydrogen-bond donors (Lipinski definition) is 1. The molecule has 1 saturated carbocycles. The lowest BCUT2D eigenvalue weighted by Gasteiger charge is -2.16. The number of rotatable bonds is 5. The number of aromatic nitrogens is 1. The van der Waals surface area contributed by atoms with Gasteiger partial charge in [0.15, 0.2) is 11.5 Å². The van der Waals surface area contributed by atoms with E-state index in [-0.39, 0.29) is 17.0 Å². The quantitative estimate of drug-likeness (QED) is 0.603. The maximum absolute atomic E-state index is 13.9. The molecule has 0 bridgehead atoms. The minimum absolute atomic E-state index is 0.112. The van der Waals surface area contributed by atoms with E-state index in [9.17, 15) is 22.4 Å². The lowest BCUT2D eigenvalue weighted by molar-refractivity contribution is -0.274. The smallest absolute Gasteiger partial charge is 0.404 e. The van der Waals surface area contributed by atoms with Gasteiger partial charge in [-0.25, -0.2) is 4.39 Å². The van der Waals surface area contributed by atoms with Crippen LogP contribution in [0.4, 0.5) is 23.2 Å². The van der Waals surface area contributed by atoms with Crippen LogP contribution in [0.15, 0.2) is 59.1 Å². The molecule has 29 heavy (non-hydrogen) atoms. The molecule has 1 heterocycles. The van der Waals surface area contributed by atoms with Crippen molar-refractivity contribution in [3.8, 4) is 17.1 Å². The van der Waals surface area contributed by atoms with E-state index in [0.29, 0.717) is 18.5 Å². The molecular weight excluding hydrogens is 392 g/mol. The number of nitrogens with one attached hydrogen (secondary N) is 1. The van der Waals surface area contributed by atoms with Crippen molar-refractivity contribution in [2.24, 2.45) is 0 Å². The van der Waals surface area contributed by atoms with Gasteiger partial charge in [0.1, 0.15) is 5.82 Å². The van der Waals surface area contributed by atoms with E-state index in [1.807, 2.05) is 0 Å². The molecule has 2 aromatic carbocycles. The highest BCUT2D eigenvalue weighted by molar-refractivity contribution is 6.02. The number of ether oxygens (including phenoxy) is 1. The number of carbonyl (C=O) groups excluding carboxylic acids is 1. The van der Waals surface area contributed by atoms with Crippen LogP contribution < -0.4 is 10.1 Å². The molecule has 1 amide bonds. The number of alkyl halides is 3. The van der Waals surface area contributed by atoms with E-state index in [0.717, 1.165) is 6.07 Å². The van der Waals surface area contributed by atoms with Crippen LogP contribution in [-0.4, -0.2) is 17.4 Å². The molecule has 4 rings (SSSR count). The Morgan fingerprint density at radius 3 is 2.48 bits per heavy atom. The third kappa shape index (κ3) is 3.80. The molecule has 5 nitrogen and oxygen atoms in total. The molecule has 1 aliphatic carbocycles. The fourth-order valence-corrected chi connectivity index (χ4v) is 3.04.